The molecule has 4 rings (SSSR count). The normalized spacial score (nSPS) is 10.4. The van der Waals surface area contributed by atoms with E-state index in [-0.39, 0.29) is 6.61 Å². The number of amides is 1. The van der Waals surface area contributed by atoms with Gasteiger partial charge in [-0.3, -0.25) is 4.79 Å². The third-order valence-electron chi connectivity index (χ3n) is 7.24. The van der Waals surface area contributed by atoms with Gasteiger partial charge < -0.3 is 15.0 Å². The molecule has 0 fully saturated rings. The van der Waals surface area contributed by atoms with Gasteiger partial charge in [-0.25, -0.2) is 4.79 Å². The summed E-state index contributed by atoms with van der Waals surface area (Å²) >= 11 is 0. The maximum Gasteiger partial charge on any atom is 0.397 e. The van der Waals surface area contributed by atoms with Gasteiger partial charge in [0, 0.05) is 26.2 Å². The number of nitrogens with zero attached hydrogens (tertiary/aromatic N) is 1. The lowest BCUT2D eigenvalue weighted by Gasteiger charge is -2.23. The minimum absolute atomic E-state index is 0.188. The molecule has 0 radical (unpaired) electrons. The molecule has 0 bridgehead atoms. The van der Waals surface area contributed by atoms with Gasteiger partial charge in [-0.15, -0.1) is 0 Å². The van der Waals surface area contributed by atoms with Crippen molar-refractivity contribution in [1.82, 2.24) is 10.2 Å². The van der Waals surface area contributed by atoms with Gasteiger partial charge in [-0.1, -0.05) is 97.1 Å². The van der Waals surface area contributed by atoms with E-state index in [1.165, 1.54) is 27.2 Å². The van der Waals surface area contributed by atoms with Crippen LogP contribution in [0.4, 0.5) is 0 Å². The zero-order valence-corrected chi connectivity index (χ0v) is 24.9. The Kier molecular flexibility index (Phi) is 12.3. The van der Waals surface area contributed by atoms with E-state index in [0.717, 1.165) is 35.3 Å². The van der Waals surface area contributed by atoms with Gasteiger partial charge in [0.15, 0.2) is 0 Å². The van der Waals surface area contributed by atoms with Gasteiger partial charge >= 0.3 is 11.9 Å². The van der Waals surface area contributed by atoms with Crippen LogP contribution in [-0.2, 0) is 40.5 Å². The monoisotopic (exact) mass is 550 g/mol. The summed E-state index contributed by atoms with van der Waals surface area (Å²) in [6, 6.07) is 32.6. The van der Waals surface area contributed by atoms with Crippen molar-refractivity contribution in [3.63, 3.8) is 0 Å². The molecule has 1 N–H and O–H groups in total. The largest absolute Gasteiger partial charge is 0.459 e. The number of esters is 1. The molecule has 5 nitrogen and oxygen atoms in total. The van der Waals surface area contributed by atoms with Crippen molar-refractivity contribution in [2.24, 2.45) is 0 Å². The first-order valence-electron chi connectivity index (χ1n) is 14.1. The lowest BCUT2D eigenvalue weighted by molar-refractivity contribution is -0.160. The lowest BCUT2D eigenvalue weighted by Crippen LogP contribution is -2.37. The van der Waals surface area contributed by atoms with Crippen LogP contribution in [0.3, 0.4) is 0 Å². The number of benzene rings is 4. The molecule has 0 saturated carbocycles. The second-order valence-electron chi connectivity index (χ2n) is 10.2. The molecule has 214 valence electrons. The molecule has 0 saturated heterocycles. The van der Waals surface area contributed by atoms with Crippen molar-refractivity contribution in [3.8, 4) is 0 Å². The minimum atomic E-state index is -0.807. The summed E-state index contributed by atoms with van der Waals surface area (Å²) < 4.78 is 4.88. The Morgan fingerprint density at radius 1 is 0.634 bits per heavy atom. The van der Waals surface area contributed by atoms with Gasteiger partial charge in [-0.05, 0) is 79.1 Å². The van der Waals surface area contributed by atoms with Crippen LogP contribution >= 0.6 is 0 Å². The van der Waals surface area contributed by atoms with Gasteiger partial charge in [0.2, 0.25) is 0 Å². The highest BCUT2D eigenvalue weighted by atomic mass is 16.5. The molecule has 0 spiro atoms. The molecule has 0 aromatic heterocycles. The van der Waals surface area contributed by atoms with Crippen LogP contribution in [-0.4, -0.2) is 23.4 Å². The fraction of sp³-hybridized carbons (Fsp3) is 0.278. The highest BCUT2D eigenvalue weighted by Crippen LogP contribution is 2.17. The molecule has 4 aromatic carbocycles. The number of carbonyl (C=O) groups is 2. The molecule has 5 heteroatoms. The third kappa shape index (κ3) is 9.73. The average molecular weight is 551 g/mol. The molecule has 0 atom stereocenters. The fourth-order valence-corrected chi connectivity index (χ4v) is 4.45. The van der Waals surface area contributed by atoms with E-state index in [9.17, 15) is 9.59 Å². The zero-order valence-electron chi connectivity index (χ0n) is 24.9. The van der Waals surface area contributed by atoms with Crippen molar-refractivity contribution in [1.29, 1.82) is 0 Å². The van der Waals surface area contributed by atoms with Crippen LogP contribution in [0.5, 0.6) is 0 Å². The van der Waals surface area contributed by atoms with Crippen LogP contribution in [0.25, 0.3) is 0 Å². The fourth-order valence-electron chi connectivity index (χ4n) is 4.45. The number of nitrogens with one attached hydrogen (secondary N) is 1. The first-order valence-corrected chi connectivity index (χ1v) is 14.1. The zero-order chi connectivity index (χ0) is 29.6. The topological polar surface area (TPSA) is 58.6 Å². The smallest absolute Gasteiger partial charge is 0.397 e. The minimum Gasteiger partial charge on any atom is -0.459 e. The lowest BCUT2D eigenvalue weighted by atomic mass is 10.0. The van der Waals surface area contributed by atoms with E-state index >= 15 is 0 Å². The molecular formula is C36H42N2O3. The van der Waals surface area contributed by atoms with Crippen molar-refractivity contribution in [2.45, 2.75) is 60.8 Å². The van der Waals surface area contributed by atoms with Crippen LogP contribution in [0.15, 0.2) is 97.1 Å². The summed E-state index contributed by atoms with van der Waals surface area (Å²) in [6.45, 7) is 12.9. The Hall–Kier alpha value is -4.22. The molecule has 4 aromatic rings. The molecular weight excluding hydrogens is 508 g/mol. The average Bonchev–Trinajstić information content (AvgIpc) is 2.98. The van der Waals surface area contributed by atoms with E-state index in [4.69, 9.17) is 4.74 Å². The van der Waals surface area contributed by atoms with Crippen LogP contribution < -0.4 is 5.32 Å². The van der Waals surface area contributed by atoms with Crippen molar-refractivity contribution in [2.75, 3.05) is 6.61 Å². The number of aryl methyl sites for hydroxylation is 2. The molecule has 41 heavy (non-hydrogen) atoms. The standard InChI is InChI=1S/C20H23NO3.C16H19N/c1-4-24-20(23)19(22)21(13-17-10-6-5-7-11-17)14-18-12-8-9-15(2)16(18)3;1-13-7-6-10-16(14(13)2)12-17-11-15-8-4-3-5-9-15/h5-12H,4,13-14H2,1-3H3;3-10,17H,11-12H2,1-2H3. The summed E-state index contributed by atoms with van der Waals surface area (Å²) in [6.07, 6.45) is 0. The molecule has 0 unspecified atom stereocenters. The van der Waals surface area contributed by atoms with E-state index in [2.05, 4.69) is 61.6 Å². The van der Waals surface area contributed by atoms with E-state index < -0.39 is 11.9 Å². The quantitative estimate of drug-likeness (QED) is 0.180. The highest BCUT2D eigenvalue weighted by molar-refractivity contribution is 6.32. The Bertz CT molecular complexity index is 1400. The summed E-state index contributed by atoms with van der Waals surface area (Å²) in [5, 5.41) is 3.49. The summed E-state index contributed by atoms with van der Waals surface area (Å²) in [5.74, 6) is -1.42. The predicted molar refractivity (Wildman–Crippen MR) is 166 cm³/mol. The van der Waals surface area contributed by atoms with E-state index in [1.54, 1.807) is 6.92 Å². The SMILES string of the molecule is CCOC(=O)C(=O)N(Cc1ccccc1)Cc1cccc(C)c1C.Cc1cccc(CNCc2ccccc2)c1C. The number of hydrogen-bond donors (Lipinski definition) is 1. The number of rotatable bonds is 9. The van der Waals surface area contributed by atoms with Gasteiger partial charge in [0.05, 0.1) is 6.61 Å². The molecule has 1 amide bonds. The Balaban J connectivity index is 0.000000239. The highest BCUT2D eigenvalue weighted by Gasteiger charge is 2.24. The first-order chi connectivity index (χ1) is 19.8. The number of carbonyl (C=O) groups excluding carboxylic acids is 2. The van der Waals surface area contributed by atoms with Gasteiger partial charge in [0.25, 0.3) is 0 Å². The van der Waals surface area contributed by atoms with Crippen molar-refractivity contribution >= 4 is 11.9 Å². The predicted octanol–water partition coefficient (Wildman–Crippen LogP) is 6.99. The Labute approximate surface area is 245 Å². The van der Waals surface area contributed by atoms with Crippen LogP contribution in [0.2, 0.25) is 0 Å². The first kappa shape index (κ1) is 31.3. The van der Waals surface area contributed by atoms with Gasteiger partial charge in [0.1, 0.15) is 0 Å². The third-order valence-corrected chi connectivity index (χ3v) is 7.24. The number of hydrogen-bond acceptors (Lipinski definition) is 4. The maximum absolute atomic E-state index is 12.5. The second-order valence-corrected chi connectivity index (χ2v) is 10.2. The Morgan fingerprint density at radius 2 is 1.17 bits per heavy atom. The summed E-state index contributed by atoms with van der Waals surface area (Å²) in [4.78, 5) is 25.9. The summed E-state index contributed by atoms with van der Waals surface area (Å²) in [7, 11) is 0. The molecule has 0 aliphatic heterocycles. The Morgan fingerprint density at radius 3 is 1.76 bits per heavy atom. The van der Waals surface area contributed by atoms with Crippen LogP contribution in [0, 0.1) is 27.7 Å². The van der Waals surface area contributed by atoms with Crippen molar-refractivity contribution in [3.05, 3.63) is 142 Å². The summed E-state index contributed by atoms with van der Waals surface area (Å²) in [5.41, 5.74) is 9.78. The van der Waals surface area contributed by atoms with Crippen LogP contribution in [0.1, 0.15) is 51.4 Å². The number of ether oxygens (including phenoxy) is 1. The van der Waals surface area contributed by atoms with E-state index in [1.807, 2.05) is 68.4 Å². The van der Waals surface area contributed by atoms with E-state index in [0.29, 0.717) is 13.1 Å². The molecule has 0 heterocycles. The molecule has 0 aliphatic rings. The van der Waals surface area contributed by atoms with Gasteiger partial charge in [-0.2, -0.15) is 0 Å². The molecule has 0 aliphatic carbocycles. The van der Waals surface area contributed by atoms with Crippen molar-refractivity contribution < 1.29 is 14.3 Å². The second kappa shape index (κ2) is 16.1. The maximum atomic E-state index is 12.5.